The van der Waals surface area contributed by atoms with Crippen LogP contribution in [0, 0.1) is 6.92 Å². The molecular formula is C21H32ClN3O4Si. The Balaban J connectivity index is 1.65. The van der Waals surface area contributed by atoms with Crippen molar-refractivity contribution in [2.24, 2.45) is 0 Å². The Labute approximate surface area is 184 Å². The van der Waals surface area contributed by atoms with E-state index < -0.39 is 14.1 Å². The van der Waals surface area contributed by atoms with Crippen molar-refractivity contribution in [2.45, 2.75) is 90.0 Å². The Morgan fingerprint density at radius 3 is 2.53 bits per heavy atom. The maximum atomic E-state index is 6.48. The summed E-state index contributed by atoms with van der Waals surface area (Å²) in [6.45, 7) is 17.5. The molecule has 30 heavy (non-hydrogen) atoms. The zero-order chi connectivity index (χ0) is 22.1. The first kappa shape index (κ1) is 22.2. The van der Waals surface area contributed by atoms with E-state index in [9.17, 15) is 0 Å². The van der Waals surface area contributed by atoms with Crippen molar-refractivity contribution in [3.8, 4) is 0 Å². The molecule has 0 saturated carbocycles. The van der Waals surface area contributed by atoms with E-state index >= 15 is 0 Å². The number of halogens is 1. The van der Waals surface area contributed by atoms with Crippen LogP contribution in [0.25, 0.3) is 11.0 Å². The average molecular weight is 454 g/mol. The van der Waals surface area contributed by atoms with Crippen molar-refractivity contribution in [1.29, 1.82) is 0 Å². The molecule has 0 bridgehead atoms. The van der Waals surface area contributed by atoms with Crippen LogP contribution in [0.5, 0.6) is 0 Å². The number of hydrogen-bond acceptors (Lipinski definition) is 6. The Bertz CT molecular complexity index is 956. The van der Waals surface area contributed by atoms with E-state index in [0.29, 0.717) is 11.8 Å². The highest BCUT2D eigenvalue weighted by Crippen LogP contribution is 2.45. The molecule has 2 fully saturated rings. The van der Waals surface area contributed by atoms with E-state index in [1.165, 1.54) is 6.33 Å². The van der Waals surface area contributed by atoms with Crippen LogP contribution in [0.2, 0.25) is 23.3 Å². The Morgan fingerprint density at radius 1 is 1.20 bits per heavy atom. The van der Waals surface area contributed by atoms with Crippen LogP contribution in [0.1, 0.15) is 46.4 Å². The first-order valence-electron chi connectivity index (χ1n) is 10.4. The Hall–Kier alpha value is -1.03. The maximum absolute atomic E-state index is 6.48. The summed E-state index contributed by atoms with van der Waals surface area (Å²) in [6.07, 6.45) is 2.37. The highest BCUT2D eigenvalue weighted by atomic mass is 35.5. The van der Waals surface area contributed by atoms with Gasteiger partial charge in [-0.25, -0.2) is 9.97 Å². The third kappa shape index (κ3) is 3.71. The fourth-order valence-corrected chi connectivity index (χ4v) is 5.23. The maximum Gasteiger partial charge on any atom is 0.192 e. The van der Waals surface area contributed by atoms with E-state index in [2.05, 4.69) is 43.8 Å². The average Bonchev–Trinajstić information content (AvgIpc) is 3.21. The topological polar surface area (TPSA) is 67.6 Å². The lowest BCUT2D eigenvalue weighted by molar-refractivity contribution is -0.199. The van der Waals surface area contributed by atoms with Gasteiger partial charge < -0.3 is 23.2 Å². The lowest BCUT2D eigenvalue weighted by Gasteiger charge is -2.37. The van der Waals surface area contributed by atoms with Crippen LogP contribution in [-0.4, -0.2) is 53.6 Å². The summed E-state index contributed by atoms with van der Waals surface area (Å²) in [7, 11) is -1.92. The molecule has 2 aliphatic heterocycles. The second-order valence-corrected chi connectivity index (χ2v) is 15.5. The van der Waals surface area contributed by atoms with Gasteiger partial charge in [0.25, 0.3) is 0 Å². The smallest absolute Gasteiger partial charge is 0.192 e. The summed E-state index contributed by atoms with van der Waals surface area (Å²) >= 11 is 6.33. The minimum atomic E-state index is -1.92. The van der Waals surface area contributed by atoms with E-state index in [1.807, 2.05) is 31.5 Å². The molecule has 4 heterocycles. The zero-order valence-electron chi connectivity index (χ0n) is 19.0. The molecule has 4 rings (SSSR count). The summed E-state index contributed by atoms with van der Waals surface area (Å²) in [6, 6.07) is 0. The fourth-order valence-electron chi connectivity index (χ4n) is 3.94. The van der Waals surface area contributed by atoms with E-state index in [4.69, 9.17) is 30.2 Å². The number of fused-ring (bicyclic) bond motifs is 2. The minimum Gasteiger partial charge on any atom is -0.414 e. The number of ether oxygens (including phenoxy) is 3. The molecule has 2 saturated heterocycles. The van der Waals surface area contributed by atoms with Gasteiger partial charge in [0.2, 0.25) is 0 Å². The van der Waals surface area contributed by atoms with Crippen LogP contribution >= 0.6 is 11.6 Å². The second kappa shape index (κ2) is 7.25. The summed E-state index contributed by atoms with van der Waals surface area (Å²) in [4.78, 5) is 8.59. The van der Waals surface area contributed by atoms with E-state index in [-0.39, 0.29) is 29.6 Å². The molecule has 2 aromatic heterocycles. The number of aryl methyl sites for hydroxylation is 1. The van der Waals surface area contributed by atoms with Gasteiger partial charge in [0.05, 0.1) is 12.0 Å². The summed E-state index contributed by atoms with van der Waals surface area (Å²) in [5.74, 6) is -0.683. The number of rotatable bonds is 4. The zero-order valence-corrected chi connectivity index (χ0v) is 20.8. The van der Waals surface area contributed by atoms with Crippen molar-refractivity contribution in [2.75, 3.05) is 6.61 Å². The second-order valence-electron chi connectivity index (χ2n) is 10.3. The quantitative estimate of drug-likeness (QED) is 0.487. The van der Waals surface area contributed by atoms with Gasteiger partial charge in [-0.2, -0.15) is 0 Å². The molecule has 0 unspecified atom stereocenters. The van der Waals surface area contributed by atoms with Gasteiger partial charge in [-0.05, 0) is 44.5 Å². The molecule has 0 aliphatic carbocycles. The Kier molecular flexibility index (Phi) is 5.36. The Morgan fingerprint density at radius 2 is 1.87 bits per heavy atom. The molecule has 0 spiro atoms. The molecule has 4 atom stereocenters. The molecule has 0 N–H and O–H groups in total. The van der Waals surface area contributed by atoms with Crippen LogP contribution < -0.4 is 0 Å². The van der Waals surface area contributed by atoms with Gasteiger partial charge in [0.1, 0.15) is 35.4 Å². The van der Waals surface area contributed by atoms with Gasteiger partial charge in [0.15, 0.2) is 20.3 Å². The van der Waals surface area contributed by atoms with E-state index in [0.717, 1.165) is 16.6 Å². The SMILES string of the molecule is Cc1cn([C@@H]2O[C@H](CO[Si](C)(C)C(C)(C)C)[C@H]3OC(C)(C)O[C@H]32)c2ncnc(Cl)c12. The van der Waals surface area contributed by atoms with Crippen molar-refractivity contribution >= 4 is 31.0 Å². The molecule has 2 aliphatic rings. The first-order chi connectivity index (χ1) is 13.8. The van der Waals surface area contributed by atoms with Crippen molar-refractivity contribution in [3.05, 3.63) is 23.2 Å². The fraction of sp³-hybridized carbons (Fsp3) is 0.714. The largest absolute Gasteiger partial charge is 0.414 e. The van der Waals surface area contributed by atoms with Crippen molar-refractivity contribution in [3.63, 3.8) is 0 Å². The van der Waals surface area contributed by atoms with Gasteiger partial charge >= 0.3 is 0 Å². The third-order valence-corrected chi connectivity index (χ3v) is 11.4. The summed E-state index contributed by atoms with van der Waals surface area (Å²) in [5.41, 5.74) is 1.73. The van der Waals surface area contributed by atoms with Crippen LogP contribution in [0.4, 0.5) is 0 Å². The number of nitrogens with zero attached hydrogens (tertiary/aromatic N) is 3. The van der Waals surface area contributed by atoms with Crippen molar-refractivity contribution in [1.82, 2.24) is 14.5 Å². The predicted molar refractivity (Wildman–Crippen MR) is 118 cm³/mol. The third-order valence-electron chi connectivity index (χ3n) is 6.57. The minimum absolute atomic E-state index is 0.123. The molecule has 166 valence electrons. The first-order valence-corrected chi connectivity index (χ1v) is 13.7. The number of hydrogen-bond donors (Lipinski definition) is 0. The van der Waals surface area contributed by atoms with Crippen LogP contribution in [0.3, 0.4) is 0 Å². The highest BCUT2D eigenvalue weighted by molar-refractivity contribution is 6.74. The van der Waals surface area contributed by atoms with Gasteiger partial charge in [0, 0.05) is 6.20 Å². The normalized spacial score (nSPS) is 29.0. The van der Waals surface area contributed by atoms with E-state index in [1.54, 1.807) is 0 Å². The molecule has 0 aromatic carbocycles. The highest BCUT2D eigenvalue weighted by Gasteiger charge is 2.56. The lowest BCUT2D eigenvalue weighted by Crippen LogP contribution is -2.44. The van der Waals surface area contributed by atoms with Gasteiger partial charge in [-0.15, -0.1) is 0 Å². The predicted octanol–water partition coefficient (Wildman–Crippen LogP) is 4.83. The monoisotopic (exact) mass is 453 g/mol. The lowest BCUT2D eigenvalue weighted by atomic mass is 10.1. The van der Waals surface area contributed by atoms with Crippen molar-refractivity contribution < 1.29 is 18.6 Å². The van der Waals surface area contributed by atoms with Gasteiger partial charge in [-0.1, -0.05) is 32.4 Å². The molecule has 7 nitrogen and oxygen atoms in total. The molecule has 2 aromatic rings. The summed E-state index contributed by atoms with van der Waals surface area (Å²) in [5, 5.41) is 1.39. The van der Waals surface area contributed by atoms with Gasteiger partial charge in [-0.3, -0.25) is 0 Å². The van der Waals surface area contributed by atoms with Crippen LogP contribution in [-0.2, 0) is 18.6 Å². The van der Waals surface area contributed by atoms with Crippen LogP contribution in [0.15, 0.2) is 12.5 Å². The standard InChI is InChI=1S/C21H32ClN3O4Si/c1-12-9-25(18-14(12)17(22)23-11-24-18)19-16-15(28-21(5,6)29-16)13(27-19)10-26-30(7,8)20(2,3)4/h9,11,13,15-16,19H,10H2,1-8H3/t13-,15-,16-,19-/m1/s1. The molecular weight excluding hydrogens is 422 g/mol. The molecule has 9 heteroatoms. The molecule has 0 radical (unpaired) electrons. The summed E-state index contributed by atoms with van der Waals surface area (Å²) < 4.78 is 27.5. The molecule has 0 amide bonds. The number of aromatic nitrogens is 3.